The van der Waals surface area contributed by atoms with Crippen LogP contribution in [0.5, 0.6) is 0 Å². The summed E-state index contributed by atoms with van der Waals surface area (Å²) in [7, 11) is -7.47. The average molecular weight is 494 g/mol. The highest BCUT2D eigenvalue weighted by molar-refractivity contribution is 9.10. The zero-order valence-electron chi connectivity index (χ0n) is 15.8. The molecule has 0 amide bonds. The first-order chi connectivity index (χ1) is 13.6. The highest BCUT2D eigenvalue weighted by Gasteiger charge is 2.23. The molecule has 29 heavy (non-hydrogen) atoms. The largest absolute Gasteiger partial charge is 0.242 e. The molecule has 0 radical (unpaired) electrons. The normalized spacial score (nSPS) is 13.2. The Morgan fingerprint density at radius 2 is 1.41 bits per heavy atom. The average Bonchev–Trinajstić information content (AvgIpc) is 2.67. The Kier molecular flexibility index (Phi) is 6.28. The van der Waals surface area contributed by atoms with E-state index in [1.54, 1.807) is 6.92 Å². The van der Waals surface area contributed by atoms with Crippen LogP contribution in [0, 0.1) is 0 Å². The van der Waals surface area contributed by atoms with Crippen molar-refractivity contribution in [1.82, 2.24) is 4.72 Å². The molecule has 8 heteroatoms. The lowest BCUT2D eigenvalue weighted by atomic mass is 10.0. The molecule has 3 aromatic carbocycles. The van der Waals surface area contributed by atoms with Crippen LogP contribution in [0.2, 0.25) is 0 Å². The van der Waals surface area contributed by atoms with Gasteiger partial charge in [-0.1, -0.05) is 54.6 Å². The van der Waals surface area contributed by atoms with Crippen molar-refractivity contribution in [2.24, 2.45) is 0 Å². The van der Waals surface area contributed by atoms with E-state index in [9.17, 15) is 16.8 Å². The van der Waals surface area contributed by atoms with Crippen LogP contribution in [0.4, 0.5) is 0 Å². The van der Waals surface area contributed by atoms with Crippen LogP contribution in [-0.2, 0) is 19.9 Å². The summed E-state index contributed by atoms with van der Waals surface area (Å²) in [6.45, 7) is 1.74. The van der Waals surface area contributed by atoms with E-state index in [0.29, 0.717) is 4.47 Å². The number of hydrogen-bond acceptors (Lipinski definition) is 4. The molecule has 0 fully saturated rings. The number of benzene rings is 3. The zero-order valence-corrected chi connectivity index (χ0v) is 19.1. The van der Waals surface area contributed by atoms with Gasteiger partial charge in [0.05, 0.1) is 9.79 Å². The van der Waals surface area contributed by atoms with Crippen molar-refractivity contribution >= 4 is 35.8 Å². The first kappa shape index (κ1) is 21.7. The van der Waals surface area contributed by atoms with Gasteiger partial charge in [0.15, 0.2) is 9.84 Å². The van der Waals surface area contributed by atoms with Gasteiger partial charge in [-0.3, -0.25) is 0 Å². The van der Waals surface area contributed by atoms with Crippen molar-refractivity contribution < 1.29 is 16.8 Å². The maximum atomic E-state index is 12.9. The molecule has 3 rings (SSSR count). The summed E-state index contributed by atoms with van der Waals surface area (Å²) in [6.07, 6.45) is 1.04. The molecule has 152 valence electrons. The number of sulfone groups is 1. The van der Waals surface area contributed by atoms with Crippen molar-refractivity contribution in [3.8, 4) is 11.1 Å². The van der Waals surface area contributed by atoms with E-state index in [1.165, 1.54) is 12.1 Å². The summed E-state index contributed by atoms with van der Waals surface area (Å²) in [5.41, 5.74) is 2.91. The lowest BCUT2D eigenvalue weighted by molar-refractivity contribution is 0.566. The quantitative estimate of drug-likeness (QED) is 0.545. The summed E-state index contributed by atoms with van der Waals surface area (Å²) in [5.74, 6) is 0. The van der Waals surface area contributed by atoms with Crippen LogP contribution in [0.3, 0.4) is 0 Å². The monoisotopic (exact) mass is 493 g/mol. The van der Waals surface area contributed by atoms with Gasteiger partial charge in [-0.15, -0.1) is 0 Å². The summed E-state index contributed by atoms with van der Waals surface area (Å²) >= 11 is 3.20. The molecular weight excluding hydrogens is 474 g/mol. The zero-order chi connectivity index (χ0) is 21.2. The predicted molar refractivity (Wildman–Crippen MR) is 118 cm³/mol. The van der Waals surface area contributed by atoms with E-state index in [0.717, 1.165) is 29.0 Å². The van der Waals surface area contributed by atoms with Gasteiger partial charge in [-0.2, -0.15) is 0 Å². The Hall–Kier alpha value is -2.00. The third kappa shape index (κ3) is 5.14. The lowest BCUT2D eigenvalue weighted by Crippen LogP contribution is -2.27. The van der Waals surface area contributed by atoms with Crippen molar-refractivity contribution in [2.75, 3.05) is 6.26 Å². The number of hydrogen-bond donors (Lipinski definition) is 1. The molecule has 0 aliphatic heterocycles. The highest BCUT2D eigenvalue weighted by Crippen LogP contribution is 2.27. The lowest BCUT2D eigenvalue weighted by Gasteiger charge is -2.16. The summed E-state index contributed by atoms with van der Waals surface area (Å²) in [4.78, 5) is -0.172. The van der Waals surface area contributed by atoms with Gasteiger partial charge in [0, 0.05) is 16.8 Å². The SMILES string of the molecule is CC(NS(=O)(=O)c1cc(S(C)(=O)=O)ccc1Br)c1ccc(-c2ccccc2)cc1. The maximum Gasteiger partial charge on any atom is 0.242 e. The predicted octanol–water partition coefficient (Wildman–Crippen LogP) is 4.56. The van der Waals surface area contributed by atoms with E-state index in [2.05, 4.69) is 20.7 Å². The minimum atomic E-state index is -3.94. The van der Waals surface area contributed by atoms with E-state index >= 15 is 0 Å². The molecular formula is C21H20BrNO4S2. The Bertz CT molecular complexity index is 1220. The van der Waals surface area contributed by atoms with E-state index < -0.39 is 25.9 Å². The van der Waals surface area contributed by atoms with Gasteiger partial charge in [0.25, 0.3) is 0 Å². The molecule has 0 saturated carbocycles. The van der Waals surface area contributed by atoms with Crippen LogP contribution >= 0.6 is 15.9 Å². The second-order valence-electron chi connectivity index (χ2n) is 6.70. The topological polar surface area (TPSA) is 80.3 Å². The molecule has 5 nitrogen and oxygen atoms in total. The standard InChI is InChI=1S/C21H20BrNO4S2/c1-15(16-8-10-18(11-9-16)17-6-4-3-5-7-17)23-29(26,27)21-14-19(28(2,24)25)12-13-20(21)22/h3-15,23H,1-2H3. The van der Waals surface area contributed by atoms with Crippen molar-refractivity contribution in [2.45, 2.75) is 22.8 Å². The number of sulfonamides is 1. The second kappa shape index (κ2) is 8.39. The molecule has 1 unspecified atom stereocenters. The van der Waals surface area contributed by atoms with Crippen molar-refractivity contribution in [3.05, 3.63) is 82.8 Å². The minimum absolute atomic E-state index is 0.0547. The first-order valence-corrected chi connectivity index (χ1v) is 12.9. The highest BCUT2D eigenvalue weighted by atomic mass is 79.9. The van der Waals surface area contributed by atoms with Gasteiger partial charge in [0.1, 0.15) is 0 Å². The Balaban J connectivity index is 1.86. The smallest absolute Gasteiger partial charge is 0.224 e. The van der Waals surface area contributed by atoms with Gasteiger partial charge in [0.2, 0.25) is 10.0 Å². The third-order valence-electron chi connectivity index (χ3n) is 4.47. The number of nitrogens with one attached hydrogen (secondary N) is 1. The van der Waals surface area contributed by atoms with Crippen LogP contribution < -0.4 is 4.72 Å². The Morgan fingerprint density at radius 3 is 2.00 bits per heavy atom. The van der Waals surface area contributed by atoms with Gasteiger partial charge < -0.3 is 0 Å². The second-order valence-corrected chi connectivity index (χ2v) is 11.2. The third-order valence-corrected chi connectivity index (χ3v) is 8.11. The minimum Gasteiger partial charge on any atom is -0.224 e. The Labute approximate surface area is 179 Å². The summed E-state index contributed by atoms with van der Waals surface area (Å²) in [6, 6.07) is 21.0. The van der Waals surface area contributed by atoms with Gasteiger partial charge >= 0.3 is 0 Å². The van der Waals surface area contributed by atoms with E-state index in [4.69, 9.17) is 0 Å². The fraction of sp³-hybridized carbons (Fsp3) is 0.143. The molecule has 0 heterocycles. The first-order valence-electron chi connectivity index (χ1n) is 8.75. The summed E-state index contributed by atoms with van der Waals surface area (Å²) < 4.78 is 52.2. The van der Waals surface area contributed by atoms with Crippen molar-refractivity contribution in [3.63, 3.8) is 0 Å². The number of halogens is 1. The molecule has 0 bridgehead atoms. The van der Waals surface area contributed by atoms with Gasteiger partial charge in [-0.05, 0) is 57.7 Å². The fourth-order valence-corrected chi connectivity index (χ4v) is 5.82. The van der Waals surface area contributed by atoms with E-state index in [1.807, 2.05) is 54.6 Å². The molecule has 0 aliphatic rings. The molecule has 1 atom stereocenters. The van der Waals surface area contributed by atoms with Crippen LogP contribution in [0.25, 0.3) is 11.1 Å². The molecule has 0 saturated heterocycles. The molecule has 0 aromatic heterocycles. The van der Waals surface area contributed by atoms with Crippen molar-refractivity contribution in [1.29, 1.82) is 0 Å². The maximum absolute atomic E-state index is 12.9. The fourth-order valence-electron chi connectivity index (χ4n) is 2.88. The molecule has 1 N–H and O–H groups in total. The van der Waals surface area contributed by atoms with E-state index in [-0.39, 0.29) is 9.79 Å². The summed E-state index contributed by atoms with van der Waals surface area (Å²) in [5, 5.41) is 0. The molecule has 0 spiro atoms. The van der Waals surface area contributed by atoms with Crippen LogP contribution in [-0.4, -0.2) is 23.1 Å². The molecule has 3 aromatic rings. The van der Waals surface area contributed by atoms with Crippen LogP contribution in [0.1, 0.15) is 18.5 Å². The Morgan fingerprint density at radius 1 is 0.828 bits per heavy atom. The van der Waals surface area contributed by atoms with Gasteiger partial charge in [-0.25, -0.2) is 21.6 Å². The molecule has 0 aliphatic carbocycles. The number of rotatable bonds is 6. The van der Waals surface area contributed by atoms with Crippen LogP contribution in [0.15, 0.2) is 87.1 Å².